The Morgan fingerprint density at radius 2 is 1.68 bits per heavy atom. The molecule has 0 aromatic heterocycles. The van der Waals surface area contributed by atoms with Crippen LogP contribution >= 0.6 is 23.2 Å². The van der Waals surface area contributed by atoms with E-state index in [9.17, 15) is 4.79 Å². The lowest BCUT2D eigenvalue weighted by atomic mass is 10.1. The number of rotatable bonds is 6. The summed E-state index contributed by atoms with van der Waals surface area (Å²) in [4.78, 5) is 12.8. The van der Waals surface area contributed by atoms with Crippen LogP contribution < -0.4 is 14.2 Å². The van der Waals surface area contributed by atoms with E-state index in [-0.39, 0.29) is 18.1 Å². The van der Waals surface area contributed by atoms with Gasteiger partial charge in [0.25, 0.3) is 0 Å². The summed E-state index contributed by atoms with van der Waals surface area (Å²) in [6.45, 7) is 4.60. The zero-order valence-electron chi connectivity index (χ0n) is 17.1. The SMILES string of the molecule is CCOc1ccc(/C=C2\Oc3c(ccc(OCc4c(Cl)cccc4Cl)c3C)C2=O)cc1. The molecule has 1 heterocycles. The monoisotopic (exact) mass is 454 g/mol. The second-order valence-corrected chi connectivity index (χ2v) is 7.81. The molecule has 0 unspecified atom stereocenters. The van der Waals surface area contributed by atoms with E-state index < -0.39 is 0 Å². The Kier molecular flexibility index (Phi) is 6.21. The van der Waals surface area contributed by atoms with E-state index >= 15 is 0 Å². The quantitative estimate of drug-likeness (QED) is 0.380. The number of ketones is 1. The molecule has 0 amide bonds. The van der Waals surface area contributed by atoms with E-state index in [0.717, 1.165) is 16.9 Å². The average Bonchev–Trinajstić information content (AvgIpc) is 3.07. The van der Waals surface area contributed by atoms with Crippen molar-refractivity contribution >= 4 is 35.1 Å². The van der Waals surface area contributed by atoms with E-state index in [0.29, 0.717) is 39.3 Å². The number of carbonyl (C=O) groups excluding carboxylic acids is 1. The summed E-state index contributed by atoms with van der Waals surface area (Å²) in [5.41, 5.74) is 2.81. The number of Topliss-reactive ketones (excluding diaryl/α,β-unsaturated/α-hetero) is 1. The molecule has 158 valence electrons. The molecule has 0 spiro atoms. The molecule has 3 aromatic rings. The summed E-state index contributed by atoms with van der Waals surface area (Å²) in [5.74, 6) is 2.00. The maximum atomic E-state index is 12.8. The summed E-state index contributed by atoms with van der Waals surface area (Å²) in [5, 5.41) is 1.08. The van der Waals surface area contributed by atoms with Crippen LogP contribution in [0.1, 0.15) is 34.0 Å². The number of hydrogen-bond acceptors (Lipinski definition) is 4. The van der Waals surface area contributed by atoms with Crippen molar-refractivity contribution in [1.29, 1.82) is 0 Å². The third kappa shape index (κ3) is 4.41. The molecule has 0 bridgehead atoms. The second kappa shape index (κ2) is 9.04. The first-order chi connectivity index (χ1) is 15.0. The van der Waals surface area contributed by atoms with Gasteiger partial charge in [0, 0.05) is 21.2 Å². The summed E-state index contributed by atoms with van der Waals surface area (Å²) in [6, 6.07) is 16.3. The smallest absolute Gasteiger partial charge is 0.231 e. The molecule has 1 aliphatic rings. The van der Waals surface area contributed by atoms with Crippen LogP contribution in [-0.4, -0.2) is 12.4 Å². The van der Waals surface area contributed by atoms with Crippen LogP contribution in [0.3, 0.4) is 0 Å². The Morgan fingerprint density at radius 1 is 0.968 bits per heavy atom. The Balaban J connectivity index is 1.55. The van der Waals surface area contributed by atoms with Gasteiger partial charge in [-0.3, -0.25) is 4.79 Å². The Morgan fingerprint density at radius 3 is 2.35 bits per heavy atom. The number of hydrogen-bond donors (Lipinski definition) is 0. The van der Waals surface area contributed by atoms with Crippen molar-refractivity contribution in [3.05, 3.63) is 92.7 Å². The second-order valence-electron chi connectivity index (χ2n) is 7.00. The Hall–Kier alpha value is -2.95. The van der Waals surface area contributed by atoms with E-state index in [1.807, 2.05) is 38.1 Å². The highest BCUT2D eigenvalue weighted by Crippen LogP contribution is 2.40. The minimum atomic E-state index is -0.160. The van der Waals surface area contributed by atoms with Crippen molar-refractivity contribution in [3.63, 3.8) is 0 Å². The first-order valence-corrected chi connectivity index (χ1v) is 10.6. The van der Waals surface area contributed by atoms with Gasteiger partial charge in [-0.05, 0) is 61.9 Å². The number of fused-ring (bicyclic) bond motifs is 1. The molecule has 6 heteroatoms. The first kappa shape index (κ1) is 21.3. The molecule has 0 atom stereocenters. The van der Waals surface area contributed by atoms with Gasteiger partial charge in [0.2, 0.25) is 5.78 Å². The van der Waals surface area contributed by atoms with Crippen molar-refractivity contribution in [2.45, 2.75) is 20.5 Å². The van der Waals surface area contributed by atoms with Crippen LogP contribution in [0.2, 0.25) is 10.0 Å². The lowest BCUT2D eigenvalue weighted by molar-refractivity contribution is 0.101. The van der Waals surface area contributed by atoms with Gasteiger partial charge in [-0.15, -0.1) is 0 Å². The zero-order chi connectivity index (χ0) is 22.0. The highest BCUT2D eigenvalue weighted by molar-refractivity contribution is 6.35. The topological polar surface area (TPSA) is 44.8 Å². The van der Waals surface area contributed by atoms with Crippen LogP contribution in [0, 0.1) is 6.92 Å². The largest absolute Gasteiger partial charge is 0.494 e. The molecular formula is C25H20Cl2O4. The Bertz CT molecular complexity index is 1150. The number of benzene rings is 3. The standard InChI is InChI=1S/C25H20Cl2O4/c1-3-29-17-9-7-16(8-10-17)13-23-24(28)18-11-12-22(15(2)25(18)31-23)30-14-19-20(26)5-4-6-21(19)27/h4-13H,3,14H2,1-2H3/b23-13-. The molecule has 0 fully saturated rings. The van der Waals surface area contributed by atoms with Crippen LogP contribution in [0.25, 0.3) is 6.08 Å². The highest BCUT2D eigenvalue weighted by atomic mass is 35.5. The van der Waals surface area contributed by atoms with Crippen molar-refractivity contribution < 1.29 is 19.0 Å². The van der Waals surface area contributed by atoms with Gasteiger partial charge in [0.15, 0.2) is 5.76 Å². The third-order valence-electron chi connectivity index (χ3n) is 4.96. The van der Waals surface area contributed by atoms with Crippen LogP contribution in [0.15, 0.2) is 60.4 Å². The summed E-state index contributed by atoms with van der Waals surface area (Å²) in [6.07, 6.45) is 1.72. The molecule has 0 aliphatic carbocycles. The van der Waals surface area contributed by atoms with E-state index in [1.165, 1.54) is 0 Å². The predicted molar refractivity (Wildman–Crippen MR) is 123 cm³/mol. The molecule has 0 saturated heterocycles. The lowest BCUT2D eigenvalue weighted by Crippen LogP contribution is -2.00. The predicted octanol–water partition coefficient (Wildman–Crippen LogP) is 6.90. The first-order valence-electron chi connectivity index (χ1n) is 9.84. The molecule has 4 rings (SSSR count). The van der Waals surface area contributed by atoms with Gasteiger partial charge >= 0.3 is 0 Å². The van der Waals surface area contributed by atoms with Crippen molar-refractivity contribution in [2.24, 2.45) is 0 Å². The van der Waals surface area contributed by atoms with Gasteiger partial charge < -0.3 is 14.2 Å². The molecule has 4 nitrogen and oxygen atoms in total. The molecular weight excluding hydrogens is 435 g/mol. The lowest BCUT2D eigenvalue weighted by Gasteiger charge is -2.13. The molecule has 0 radical (unpaired) electrons. The molecule has 1 aliphatic heterocycles. The number of ether oxygens (including phenoxy) is 3. The molecule has 3 aromatic carbocycles. The summed E-state index contributed by atoms with van der Waals surface area (Å²) >= 11 is 12.4. The van der Waals surface area contributed by atoms with Crippen LogP contribution in [-0.2, 0) is 6.61 Å². The van der Waals surface area contributed by atoms with Gasteiger partial charge in [-0.25, -0.2) is 0 Å². The highest BCUT2D eigenvalue weighted by Gasteiger charge is 2.30. The zero-order valence-corrected chi connectivity index (χ0v) is 18.6. The molecule has 0 N–H and O–H groups in total. The molecule has 0 saturated carbocycles. The van der Waals surface area contributed by atoms with Crippen molar-refractivity contribution in [2.75, 3.05) is 6.61 Å². The minimum absolute atomic E-state index is 0.160. The van der Waals surface area contributed by atoms with E-state index in [2.05, 4.69) is 0 Å². The van der Waals surface area contributed by atoms with Crippen LogP contribution in [0.4, 0.5) is 0 Å². The number of halogens is 2. The average molecular weight is 455 g/mol. The Labute approximate surface area is 191 Å². The number of allylic oxidation sites excluding steroid dienone is 1. The van der Waals surface area contributed by atoms with Gasteiger partial charge in [0.1, 0.15) is 23.9 Å². The summed E-state index contributed by atoms with van der Waals surface area (Å²) < 4.78 is 17.3. The van der Waals surface area contributed by atoms with E-state index in [1.54, 1.807) is 36.4 Å². The maximum Gasteiger partial charge on any atom is 0.231 e. The van der Waals surface area contributed by atoms with Crippen molar-refractivity contribution in [3.8, 4) is 17.2 Å². The fraction of sp³-hybridized carbons (Fsp3) is 0.160. The normalized spacial score (nSPS) is 13.8. The van der Waals surface area contributed by atoms with Gasteiger partial charge in [-0.2, -0.15) is 0 Å². The molecule has 31 heavy (non-hydrogen) atoms. The maximum absolute atomic E-state index is 12.8. The third-order valence-corrected chi connectivity index (χ3v) is 5.67. The fourth-order valence-electron chi connectivity index (χ4n) is 3.32. The van der Waals surface area contributed by atoms with E-state index in [4.69, 9.17) is 37.4 Å². The fourth-order valence-corrected chi connectivity index (χ4v) is 3.83. The minimum Gasteiger partial charge on any atom is -0.494 e. The van der Waals surface area contributed by atoms with Gasteiger partial charge in [0.05, 0.1) is 12.2 Å². The summed E-state index contributed by atoms with van der Waals surface area (Å²) in [7, 11) is 0. The van der Waals surface area contributed by atoms with Crippen molar-refractivity contribution in [1.82, 2.24) is 0 Å². The van der Waals surface area contributed by atoms with Gasteiger partial charge in [-0.1, -0.05) is 41.4 Å². The number of carbonyl (C=O) groups is 1. The van der Waals surface area contributed by atoms with Crippen LogP contribution in [0.5, 0.6) is 17.2 Å².